The van der Waals surface area contributed by atoms with Gasteiger partial charge in [0.05, 0.1) is 0 Å². The van der Waals surface area contributed by atoms with Crippen LogP contribution < -0.4 is 0 Å². The molecule has 0 heterocycles. The third-order valence-electron chi connectivity index (χ3n) is 13.6. The van der Waals surface area contributed by atoms with Crippen LogP contribution in [0, 0.1) is 56.7 Å². The summed E-state index contributed by atoms with van der Waals surface area (Å²) in [4.78, 5) is 11.9. The molecule has 0 amide bonds. The summed E-state index contributed by atoms with van der Waals surface area (Å²) in [5.74, 6) is 3.66. The average molecular weight is 469 g/mol. The summed E-state index contributed by atoms with van der Waals surface area (Å²) >= 11 is 0. The first-order valence-corrected chi connectivity index (χ1v) is 14.6. The summed E-state index contributed by atoms with van der Waals surface area (Å²) in [6.07, 6.45) is 14.6. The van der Waals surface area contributed by atoms with Gasteiger partial charge in [-0.05, 0) is 109 Å². The normalized spacial score (nSPS) is 54.0. The third kappa shape index (κ3) is 3.08. The second-order valence-electron chi connectivity index (χ2n) is 15.3. The number of ether oxygens (including phenoxy) is 1. The molecule has 5 rings (SSSR count). The SMILES string of the molecule is CC(=O)O[C@H]1CC[C@]2(C)[C@H]3CC=C4[C@@H]5[C@@H](C)[C@H](C)CC[C@]5(C)CC[C@@]4(C)[C@]3(C)CC[C@H]2C1(C)C. The van der Waals surface area contributed by atoms with Gasteiger partial charge in [-0.2, -0.15) is 0 Å². The fourth-order valence-corrected chi connectivity index (χ4v) is 11.2. The van der Waals surface area contributed by atoms with Crippen molar-refractivity contribution in [3.63, 3.8) is 0 Å². The van der Waals surface area contributed by atoms with Crippen LogP contribution in [0.5, 0.6) is 0 Å². The molecule has 0 aliphatic heterocycles. The zero-order valence-corrected chi connectivity index (χ0v) is 23.7. The van der Waals surface area contributed by atoms with Crippen molar-refractivity contribution in [1.29, 1.82) is 0 Å². The highest BCUT2D eigenvalue weighted by molar-refractivity contribution is 5.66. The van der Waals surface area contributed by atoms with E-state index in [0.29, 0.717) is 27.6 Å². The number of carbonyl (C=O) groups is 1. The van der Waals surface area contributed by atoms with Crippen molar-refractivity contribution in [3.8, 4) is 0 Å². The van der Waals surface area contributed by atoms with Gasteiger partial charge in [-0.1, -0.05) is 67.0 Å². The van der Waals surface area contributed by atoms with Crippen LogP contribution in [0.15, 0.2) is 11.6 Å². The molecule has 10 atom stereocenters. The van der Waals surface area contributed by atoms with Gasteiger partial charge in [-0.3, -0.25) is 4.79 Å². The van der Waals surface area contributed by atoms with Crippen molar-refractivity contribution >= 4 is 5.97 Å². The lowest BCUT2D eigenvalue weighted by atomic mass is 9.33. The van der Waals surface area contributed by atoms with E-state index in [1.807, 2.05) is 5.57 Å². The molecule has 0 bridgehead atoms. The maximum Gasteiger partial charge on any atom is 0.302 e. The lowest BCUT2D eigenvalue weighted by Gasteiger charge is -2.71. The molecule has 0 spiro atoms. The number of esters is 1. The highest BCUT2D eigenvalue weighted by atomic mass is 16.5. The minimum atomic E-state index is -0.110. The number of hydrogen-bond acceptors (Lipinski definition) is 2. The number of allylic oxidation sites excluding steroid dienone is 2. The Kier molecular flexibility index (Phi) is 5.57. The van der Waals surface area contributed by atoms with Crippen LogP contribution in [-0.2, 0) is 9.53 Å². The highest BCUT2D eigenvalue weighted by Gasteiger charge is 2.68. The van der Waals surface area contributed by atoms with Gasteiger partial charge in [-0.25, -0.2) is 0 Å². The van der Waals surface area contributed by atoms with E-state index in [2.05, 4.69) is 61.5 Å². The van der Waals surface area contributed by atoms with Crippen LogP contribution >= 0.6 is 0 Å². The van der Waals surface area contributed by atoms with Gasteiger partial charge in [0.2, 0.25) is 0 Å². The summed E-state index contributed by atoms with van der Waals surface area (Å²) in [5, 5.41) is 0. The summed E-state index contributed by atoms with van der Waals surface area (Å²) in [7, 11) is 0. The fourth-order valence-electron chi connectivity index (χ4n) is 11.2. The monoisotopic (exact) mass is 468 g/mol. The summed E-state index contributed by atoms with van der Waals surface area (Å²) in [6, 6.07) is 0. The molecular formula is C32H52O2. The molecule has 0 aromatic rings. The quantitative estimate of drug-likeness (QED) is 0.284. The molecule has 2 heteroatoms. The Hall–Kier alpha value is -0.790. The standard InChI is InChI=1S/C32H52O2/c1-20-12-15-29(6)18-19-31(8)23(27(29)21(20)2)10-11-25-30(7)16-14-26(34-22(3)33)28(4,5)24(30)13-17-32(25,31)9/h10,20-21,24-27H,11-19H2,1-9H3/t20-,21+,24+,25-,26+,27+,29-,30+,31-,32-/m1/s1. The lowest BCUT2D eigenvalue weighted by molar-refractivity contribution is -0.212. The molecule has 4 fully saturated rings. The van der Waals surface area contributed by atoms with Crippen LogP contribution in [0.25, 0.3) is 0 Å². The second-order valence-corrected chi connectivity index (χ2v) is 15.3. The topological polar surface area (TPSA) is 26.3 Å². The van der Waals surface area contributed by atoms with E-state index in [0.717, 1.165) is 30.1 Å². The summed E-state index contributed by atoms with van der Waals surface area (Å²) < 4.78 is 5.91. The molecule has 2 nitrogen and oxygen atoms in total. The third-order valence-corrected chi connectivity index (χ3v) is 13.6. The Balaban J connectivity index is 1.54. The largest absolute Gasteiger partial charge is 0.462 e. The van der Waals surface area contributed by atoms with Gasteiger partial charge >= 0.3 is 5.97 Å². The zero-order chi connectivity index (χ0) is 24.9. The maximum absolute atomic E-state index is 11.9. The predicted molar refractivity (Wildman–Crippen MR) is 140 cm³/mol. The minimum absolute atomic E-state index is 0.0450. The summed E-state index contributed by atoms with van der Waals surface area (Å²) in [5.41, 5.74) is 3.44. The molecule has 0 aromatic carbocycles. The molecule has 0 N–H and O–H groups in total. The van der Waals surface area contributed by atoms with Crippen molar-refractivity contribution < 1.29 is 9.53 Å². The van der Waals surface area contributed by atoms with Crippen molar-refractivity contribution in [2.24, 2.45) is 56.7 Å². The smallest absolute Gasteiger partial charge is 0.302 e. The van der Waals surface area contributed by atoms with Gasteiger partial charge in [-0.15, -0.1) is 0 Å². The van der Waals surface area contributed by atoms with Crippen LogP contribution in [0.1, 0.15) is 120 Å². The number of rotatable bonds is 1. The van der Waals surface area contributed by atoms with Crippen LogP contribution in [-0.4, -0.2) is 12.1 Å². The Morgan fingerprint density at radius 3 is 2.26 bits per heavy atom. The first-order chi connectivity index (χ1) is 15.7. The Bertz CT molecular complexity index is 885. The minimum Gasteiger partial charge on any atom is -0.462 e. The molecule has 0 unspecified atom stereocenters. The highest BCUT2D eigenvalue weighted by Crippen LogP contribution is 2.75. The second kappa shape index (κ2) is 7.61. The van der Waals surface area contributed by atoms with E-state index in [4.69, 9.17) is 4.74 Å². The molecule has 5 aliphatic carbocycles. The maximum atomic E-state index is 11.9. The molecule has 0 radical (unpaired) electrons. The van der Waals surface area contributed by atoms with Crippen LogP contribution in [0.3, 0.4) is 0 Å². The predicted octanol–water partition coefficient (Wildman–Crippen LogP) is 8.60. The van der Waals surface area contributed by atoms with Gasteiger partial charge in [0.25, 0.3) is 0 Å². The molecule has 0 saturated heterocycles. The van der Waals surface area contributed by atoms with Crippen molar-refractivity contribution in [2.75, 3.05) is 0 Å². The van der Waals surface area contributed by atoms with E-state index >= 15 is 0 Å². The van der Waals surface area contributed by atoms with E-state index < -0.39 is 0 Å². The molecule has 0 aromatic heterocycles. The van der Waals surface area contributed by atoms with E-state index in [1.54, 1.807) is 6.92 Å². The molecule has 192 valence electrons. The Morgan fingerprint density at radius 1 is 0.882 bits per heavy atom. The van der Waals surface area contributed by atoms with Crippen LogP contribution in [0.4, 0.5) is 0 Å². The lowest BCUT2D eigenvalue weighted by Crippen LogP contribution is -2.65. The molecular weight excluding hydrogens is 416 g/mol. The zero-order valence-electron chi connectivity index (χ0n) is 23.7. The Labute approximate surface area is 210 Å². The molecule has 4 saturated carbocycles. The average Bonchev–Trinajstić information content (AvgIpc) is 2.74. The summed E-state index contributed by atoms with van der Waals surface area (Å²) in [6.45, 7) is 22.1. The van der Waals surface area contributed by atoms with E-state index in [9.17, 15) is 4.79 Å². The van der Waals surface area contributed by atoms with E-state index in [1.165, 1.54) is 51.4 Å². The van der Waals surface area contributed by atoms with Gasteiger partial charge < -0.3 is 4.74 Å². The number of carbonyl (C=O) groups excluding carboxylic acids is 1. The Morgan fingerprint density at radius 2 is 1.59 bits per heavy atom. The fraction of sp³-hybridized carbons (Fsp3) is 0.906. The van der Waals surface area contributed by atoms with Gasteiger partial charge in [0.15, 0.2) is 0 Å². The first kappa shape index (κ1) is 24.9. The molecule has 34 heavy (non-hydrogen) atoms. The molecule has 5 aliphatic rings. The van der Waals surface area contributed by atoms with Gasteiger partial charge in [0.1, 0.15) is 6.10 Å². The number of fused-ring (bicyclic) bond motifs is 7. The van der Waals surface area contributed by atoms with Gasteiger partial charge in [0, 0.05) is 12.3 Å². The van der Waals surface area contributed by atoms with Crippen molar-refractivity contribution in [3.05, 3.63) is 11.6 Å². The van der Waals surface area contributed by atoms with Crippen LogP contribution in [0.2, 0.25) is 0 Å². The van der Waals surface area contributed by atoms with Crippen molar-refractivity contribution in [2.45, 2.75) is 126 Å². The first-order valence-electron chi connectivity index (χ1n) is 14.6. The van der Waals surface area contributed by atoms with Crippen molar-refractivity contribution in [1.82, 2.24) is 0 Å². The van der Waals surface area contributed by atoms with E-state index in [-0.39, 0.29) is 17.5 Å². The number of hydrogen-bond donors (Lipinski definition) is 0.